The molecule has 1 aliphatic rings. The van der Waals surface area contributed by atoms with E-state index in [1.807, 2.05) is 42.5 Å². The van der Waals surface area contributed by atoms with E-state index in [2.05, 4.69) is 16.4 Å². The number of nitrogens with one attached hydrogen (secondary N) is 2. The van der Waals surface area contributed by atoms with Crippen molar-refractivity contribution < 1.29 is 4.79 Å². The van der Waals surface area contributed by atoms with Crippen LogP contribution in [0, 0.1) is 17.2 Å². The van der Waals surface area contributed by atoms with Crippen LogP contribution in [-0.4, -0.2) is 15.9 Å². The minimum absolute atomic E-state index is 0.0243. The summed E-state index contributed by atoms with van der Waals surface area (Å²) in [6, 6.07) is 15.2. The van der Waals surface area contributed by atoms with E-state index in [1.165, 1.54) is 0 Å². The zero-order chi connectivity index (χ0) is 19.5. The number of nitriles is 1. The Balaban J connectivity index is 1.54. The minimum Gasteiger partial charge on any atom is -0.342 e. The van der Waals surface area contributed by atoms with E-state index in [0.717, 1.165) is 53.8 Å². The van der Waals surface area contributed by atoms with E-state index >= 15 is 0 Å². The number of aromatic nitrogens is 2. The van der Waals surface area contributed by atoms with E-state index in [0.29, 0.717) is 11.4 Å². The van der Waals surface area contributed by atoms with Gasteiger partial charge in [0.1, 0.15) is 5.82 Å². The molecule has 2 aromatic carbocycles. The SMILES string of the molecule is N#CCc1ccc(NC(=O)[C@@H]2CCCC[C@@H]2c2nc3ccc(Cl)cc3[nH]2)cc1. The van der Waals surface area contributed by atoms with Gasteiger partial charge >= 0.3 is 0 Å². The fraction of sp³-hybridized carbons (Fsp3) is 0.318. The fourth-order valence-electron chi connectivity index (χ4n) is 3.98. The summed E-state index contributed by atoms with van der Waals surface area (Å²) < 4.78 is 0. The predicted octanol–water partition coefficient (Wildman–Crippen LogP) is 5.19. The van der Waals surface area contributed by atoms with Crippen LogP contribution in [0.4, 0.5) is 5.69 Å². The lowest BCUT2D eigenvalue weighted by Crippen LogP contribution is -2.31. The van der Waals surface area contributed by atoms with Gasteiger partial charge < -0.3 is 10.3 Å². The summed E-state index contributed by atoms with van der Waals surface area (Å²) in [7, 11) is 0. The number of amides is 1. The first kappa shape index (κ1) is 18.5. The topological polar surface area (TPSA) is 81.6 Å². The van der Waals surface area contributed by atoms with Crippen LogP contribution in [0.25, 0.3) is 11.0 Å². The number of hydrogen-bond donors (Lipinski definition) is 2. The summed E-state index contributed by atoms with van der Waals surface area (Å²) in [6.07, 6.45) is 4.29. The van der Waals surface area contributed by atoms with Crippen molar-refractivity contribution in [2.75, 3.05) is 5.32 Å². The second-order valence-electron chi connectivity index (χ2n) is 7.30. The molecule has 1 fully saturated rings. The molecule has 1 aliphatic carbocycles. The van der Waals surface area contributed by atoms with Crippen LogP contribution in [0.5, 0.6) is 0 Å². The number of hydrogen-bond acceptors (Lipinski definition) is 3. The Bertz CT molecular complexity index is 1030. The zero-order valence-electron chi connectivity index (χ0n) is 15.4. The molecule has 1 amide bonds. The highest BCUT2D eigenvalue weighted by molar-refractivity contribution is 6.31. The third kappa shape index (κ3) is 3.88. The molecule has 0 unspecified atom stereocenters. The standard InChI is InChI=1S/C22H21ClN4O/c23-15-7-10-19-20(13-15)27-21(26-19)17-3-1-2-4-18(17)22(28)25-16-8-5-14(6-9-16)11-12-24/h5-10,13,17-18H,1-4,11H2,(H,25,28)(H,26,27)/t17-,18+/m0/s1. The van der Waals surface area contributed by atoms with Gasteiger partial charge in [0, 0.05) is 22.5 Å². The smallest absolute Gasteiger partial charge is 0.228 e. The van der Waals surface area contributed by atoms with E-state index in [1.54, 1.807) is 0 Å². The van der Waals surface area contributed by atoms with Crippen molar-refractivity contribution in [1.29, 1.82) is 5.26 Å². The predicted molar refractivity (Wildman–Crippen MR) is 110 cm³/mol. The van der Waals surface area contributed by atoms with Crippen LogP contribution in [0.15, 0.2) is 42.5 Å². The Morgan fingerprint density at radius 1 is 1.21 bits per heavy atom. The first-order chi connectivity index (χ1) is 13.6. The molecule has 1 saturated carbocycles. The number of benzene rings is 2. The summed E-state index contributed by atoms with van der Waals surface area (Å²) in [5.74, 6) is 0.832. The minimum atomic E-state index is -0.122. The number of halogens is 1. The molecule has 0 spiro atoms. The molecule has 1 aromatic heterocycles. The Hall–Kier alpha value is -2.84. The quantitative estimate of drug-likeness (QED) is 0.640. The Morgan fingerprint density at radius 3 is 2.79 bits per heavy atom. The van der Waals surface area contributed by atoms with Crippen LogP contribution in [0.1, 0.15) is 43.0 Å². The lowest BCUT2D eigenvalue weighted by Gasteiger charge is -2.29. The summed E-state index contributed by atoms with van der Waals surface area (Å²) in [6.45, 7) is 0. The lowest BCUT2D eigenvalue weighted by atomic mass is 9.78. The third-order valence-electron chi connectivity index (χ3n) is 5.42. The number of H-pyrrole nitrogens is 1. The maximum atomic E-state index is 13.0. The Kier molecular flexibility index (Phi) is 5.31. The molecule has 5 nitrogen and oxygen atoms in total. The van der Waals surface area contributed by atoms with Crippen molar-refractivity contribution in [3.05, 3.63) is 58.9 Å². The molecule has 4 rings (SSSR count). The number of aromatic amines is 1. The first-order valence-electron chi connectivity index (χ1n) is 9.56. The van der Waals surface area contributed by atoms with E-state index < -0.39 is 0 Å². The number of nitrogens with zero attached hydrogens (tertiary/aromatic N) is 2. The van der Waals surface area contributed by atoms with Crippen molar-refractivity contribution in [3.63, 3.8) is 0 Å². The normalized spacial score (nSPS) is 19.3. The summed E-state index contributed by atoms with van der Waals surface area (Å²) in [5.41, 5.74) is 3.47. The summed E-state index contributed by atoms with van der Waals surface area (Å²) in [4.78, 5) is 21.1. The van der Waals surface area contributed by atoms with Crippen molar-refractivity contribution in [1.82, 2.24) is 9.97 Å². The van der Waals surface area contributed by atoms with Crippen molar-refractivity contribution in [2.45, 2.75) is 38.0 Å². The van der Waals surface area contributed by atoms with Gasteiger partial charge in [-0.05, 0) is 48.7 Å². The van der Waals surface area contributed by atoms with Crippen LogP contribution in [-0.2, 0) is 11.2 Å². The highest BCUT2D eigenvalue weighted by Gasteiger charge is 2.34. The van der Waals surface area contributed by atoms with E-state index in [9.17, 15) is 4.79 Å². The van der Waals surface area contributed by atoms with Crippen molar-refractivity contribution in [2.24, 2.45) is 5.92 Å². The molecule has 28 heavy (non-hydrogen) atoms. The highest BCUT2D eigenvalue weighted by Crippen LogP contribution is 2.38. The monoisotopic (exact) mass is 392 g/mol. The molecule has 1 heterocycles. The van der Waals surface area contributed by atoms with Crippen molar-refractivity contribution in [3.8, 4) is 6.07 Å². The van der Waals surface area contributed by atoms with Gasteiger partial charge in [0.25, 0.3) is 0 Å². The second-order valence-corrected chi connectivity index (χ2v) is 7.74. The third-order valence-corrected chi connectivity index (χ3v) is 5.66. The van der Waals surface area contributed by atoms with E-state index in [4.69, 9.17) is 21.8 Å². The number of rotatable bonds is 4. The molecule has 0 bridgehead atoms. The molecule has 6 heteroatoms. The summed E-state index contributed by atoms with van der Waals surface area (Å²) >= 11 is 6.08. The maximum Gasteiger partial charge on any atom is 0.228 e. The average molecular weight is 393 g/mol. The molecule has 0 saturated heterocycles. The number of imidazole rings is 1. The number of carbonyl (C=O) groups excluding carboxylic acids is 1. The first-order valence-corrected chi connectivity index (χ1v) is 9.94. The van der Waals surface area contributed by atoms with Crippen molar-refractivity contribution >= 4 is 34.2 Å². The largest absolute Gasteiger partial charge is 0.342 e. The van der Waals surface area contributed by atoms with Gasteiger partial charge in [0.2, 0.25) is 5.91 Å². The molecule has 0 radical (unpaired) electrons. The Morgan fingerprint density at radius 2 is 2.00 bits per heavy atom. The fourth-order valence-corrected chi connectivity index (χ4v) is 4.15. The molecular weight excluding hydrogens is 372 g/mol. The summed E-state index contributed by atoms with van der Waals surface area (Å²) in [5, 5.41) is 12.5. The van der Waals surface area contributed by atoms with Crippen LogP contribution in [0.2, 0.25) is 5.02 Å². The van der Waals surface area contributed by atoms with Gasteiger partial charge in [-0.3, -0.25) is 4.79 Å². The average Bonchev–Trinajstić information content (AvgIpc) is 3.12. The van der Waals surface area contributed by atoms with E-state index in [-0.39, 0.29) is 17.7 Å². The molecular formula is C22H21ClN4O. The number of fused-ring (bicyclic) bond motifs is 1. The Labute approximate surface area is 168 Å². The maximum absolute atomic E-state index is 13.0. The van der Waals surface area contributed by atoms with Gasteiger partial charge in [-0.2, -0.15) is 5.26 Å². The highest BCUT2D eigenvalue weighted by atomic mass is 35.5. The molecule has 0 aliphatic heterocycles. The van der Waals surface area contributed by atoms with Crippen LogP contribution >= 0.6 is 11.6 Å². The van der Waals surface area contributed by atoms with Gasteiger partial charge in [-0.25, -0.2) is 4.98 Å². The molecule has 2 N–H and O–H groups in total. The molecule has 2 atom stereocenters. The zero-order valence-corrected chi connectivity index (χ0v) is 16.2. The molecule has 3 aromatic rings. The van der Waals surface area contributed by atoms with Crippen LogP contribution in [0.3, 0.4) is 0 Å². The van der Waals surface area contributed by atoms with Gasteiger partial charge in [-0.15, -0.1) is 0 Å². The van der Waals surface area contributed by atoms with Gasteiger partial charge in [-0.1, -0.05) is 36.6 Å². The van der Waals surface area contributed by atoms with Gasteiger partial charge in [0.15, 0.2) is 0 Å². The molecule has 142 valence electrons. The van der Waals surface area contributed by atoms with Crippen LogP contribution < -0.4 is 5.32 Å². The number of carbonyl (C=O) groups is 1. The van der Waals surface area contributed by atoms with Gasteiger partial charge in [0.05, 0.1) is 23.5 Å². The number of anilines is 1. The lowest BCUT2D eigenvalue weighted by molar-refractivity contribution is -0.121. The second kappa shape index (κ2) is 8.04.